The number of amides is 1. The molecular formula is C13H19N3O. The molecule has 0 aliphatic carbocycles. The highest BCUT2D eigenvalue weighted by Crippen LogP contribution is 2.13. The van der Waals surface area contributed by atoms with Crippen LogP contribution < -0.4 is 5.32 Å². The van der Waals surface area contributed by atoms with Crippen molar-refractivity contribution in [3.05, 3.63) is 42.5 Å². The topological polar surface area (TPSA) is 37.3 Å². The third-order valence-corrected chi connectivity index (χ3v) is 2.67. The molecule has 1 aromatic rings. The molecule has 4 nitrogen and oxygen atoms in total. The minimum Gasteiger partial charge on any atom is -0.353 e. The van der Waals surface area contributed by atoms with Gasteiger partial charge in [-0.25, -0.2) is 0 Å². The molecular weight excluding hydrogens is 214 g/mol. The monoisotopic (exact) mass is 233 g/mol. The summed E-state index contributed by atoms with van der Waals surface area (Å²) in [5.74, 6) is -0.138. The van der Waals surface area contributed by atoms with Gasteiger partial charge >= 0.3 is 0 Å². The molecule has 0 saturated heterocycles. The van der Waals surface area contributed by atoms with E-state index < -0.39 is 0 Å². The molecule has 1 heterocycles. The molecule has 0 bridgehead atoms. The maximum atomic E-state index is 12.0. The summed E-state index contributed by atoms with van der Waals surface area (Å²) in [6, 6.07) is 1.93. The maximum Gasteiger partial charge on any atom is 0.271 e. The molecule has 0 spiro atoms. The SMILES string of the molecule is C=CN(C)/C(=C\C)C(=O)Nc1cc(C)n(C)c1. The second-order valence-corrected chi connectivity index (χ2v) is 3.90. The van der Waals surface area contributed by atoms with Gasteiger partial charge in [0.2, 0.25) is 0 Å². The maximum absolute atomic E-state index is 12.0. The number of nitrogens with zero attached hydrogens (tertiary/aromatic N) is 2. The molecule has 1 aromatic heterocycles. The molecule has 0 radical (unpaired) electrons. The van der Waals surface area contributed by atoms with Gasteiger partial charge in [0.15, 0.2) is 0 Å². The molecule has 92 valence electrons. The Hall–Kier alpha value is -1.97. The fraction of sp³-hybridized carbons (Fsp3) is 0.308. The van der Waals surface area contributed by atoms with Crippen LogP contribution in [0.3, 0.4) is 0 Å². The zero-order valence-corrected chi connectivity index (χ0v) is 10.8. The third-order valence-electron chi connectivity index (χ3n) is 2.67. The van der Waals surface area contributed by atoms with Crippen LogP contribution in [0.4, 0.5) is 5.69 Å². The molecule has 0 fully saturated rings. The first kappa shape index (κ1) is 13.1. The van der Waals surface area contributed by atoms with E-state index in [4.69, 9.17) is 0 Å². The number of carbonyl (C=O) groups is 1. The van der Waals surface area contributed by atoms with Crippen LogP contribution in [0.25, 0.3) is 0 Å². The molecule has 4 heteroatoms. The lowest BCUT2D eigenvalue weighted by Gasteiger charge is -2.16. The van der Waals surface area contributed by atoms with E-state index in [0.717, 1.165) is 11.4 Å². The van der Waals surface area contributed by atoms with Crippen LogP contribution in [0, 0.1) is 6.92 Å². The zero-order chi connectivity index (χ0) is 13.0. The summed E-state index contributed by atoms with van der Waals surface area (Å²) in [7, 11) is 3.73. The second kappa shape index (κ2) is 5.39. The van der Waals surface area contributed by atoms with Crippen molar-refractivity contribution < 1.29 is 4.79 Å². The van der Waals surface area contributed by atoms with E-state index in [2.05, 4.69) is 11.9 Å². The lowest BCUT2D eigenvalue weighted by molar-refractivity contribution is -0.113. The number of rotatable bonds is 4. The number of anilines is 1. The van der Waals surface area contributed by atoms with Crippen LogP contribution in [-0.2, 0) is 11.8 Å². The number of aryl methyl sites for hydroxylation is 2. The number of likely N-dealkylation sites (N-methyl/N-ethyl adjacent to an activating group) is 1. The zero-order valence-electron chi connectivity index (χ0n) is 10.8. The van der Waals surface area contributed by atoms with Crippen molar-refractivity contribution in [2.24, 2.45) is 7.05 Å². The lowest BCUT2D eigenvalue weighted by Crippen LogP contribution is -2.23. The van der Waals surface area contributed by atoms with Crippen molar-refractivity contribution >= 4 is 11.6 Å². The Labute approximate surface area is 102 Å². The molecule has 0 aliphatic rings. The Balaban J connectivity index is 2.81. The van der Waals surface area contributed by atoms with Crippen LogP contribution >= 0.6 is 0 Å². The average Bonchev–Trinajstić information content (AvgIpc) is 2.58. The van der Waals surface area contributed by atoms with Crippen LogP contribution in [-0.4, -0.2) is 22.4 Å². The van der Waals surface area contributed by atoms with Gasteiger partial charge in [-0.2, -0.15) is 0 Å². The van der Waals surface area contributed by atoms with Crippen molar-refractivity contribution in [1.82, 2.24) is 9.47 Å². The summed E-state index contributed by atoms with van der Waals surface area (Å²) in [6.07, 6.45) is 5.24. The van der Waals surface area contributed by atoms with E-state index in [1.807, 2.05) is 37.7 Å². The van der Waals surface area contributed by atoms with Crippen molar-refractivity contribution in [3.8, 4) is 0 Å². The summed E-state index contributed by atoms with van der Waals surface area (Å²) in [5, 5.41) is 2.85. The molecule has 1 rings (SSSR count). The molecule has 1 amide bonds. The van der Waals surface area contributed by atoms with Gasteiger partial charge in [0.25, 0.3) is 5.91 Å². The van der Waals surface area contributed by atoms with Gasteiger partial charge in [-0.3, -0.25) is 4.79 Å². The molecule has 1 N–H and O–H groups in total. The number of allylic oxidation sites excluding steroid dienone is 1. The van der Waals surface area contributed by atoms with Crippen LogP contribution in [0.15, 0.2) is 36.8 Å². The molecule has 0 atom stereocenters. The second-order valence-electron chi connectivity index (χ2n) is 3.90. The number of hydrogen-bond donors (Lipinski definition) is 1. The Morgan fingerprint density at radius 3 is 2.65 bits per heavy atom. The predicted molar refractivity (Wildman–Crippen MR) is 70.5 cm³/mol. The quantitative estimate of drug-likeness (QED) is 0.810. The van der Waals surface area contributed by atoms with E-state index in [1.165, 1.54) is 0 Å². The summed E-state index contributed by atoms with van der Waals surface area (Å²) in [5.41, 5.74) is 2.47. The highest BCUT2D eigenvalue weighted by molar-refractivity contribution is 6.03. The van der Waals surface area contributed by atoms with Crippen molar-refractivity contribution in [3.63, 3.8) is 0 Å². The van der Waals surface area contributed by atoms with E-state index >= 15 is 0 Å². The minimum absolute atomic E-state index is 0.138. The minimum atomic E-state index is -0.138. The van der Waals surface area contributed by atoms with Crippen LogP contribution in [0.1, 0.15) is 12.6 Å². The molecule has 17 heavy (non-hydrogen) atoms. The van der Waals surface area contributed by atoms with Crippen molar-refractivity contribution in [1.29, 1.82) is 0 Å². The third kappa shape index (κ3) is 3.00. The normalized spacial score (nSPS) is 11.2. The summed E-state index contributed by atoms with van der Waals surface area (Å²) < 4.78 is 1.96. The number of aromatic nitrogens is 1. The first-order valence-electron chi connectivity index (χ1n) is 5.45. The number of carbonyl (C=O) groups excluding carboxylic acids is 1. The van der Waals surface area contributed by atoms with Gasteiger partial charge in [0.1, 0.15) is 5.70 Å². The highest BCUT2D eigenvalue weighted by atomic mass is 16.2. The Kier molecular flexibility index (Phi) is 4.15. The van der Waals surface area contributed by atoms with Crippen LogP contribution in [0.2, 0.25) is 0 Å². The van der Waals surface area contributed by atoms with E-state index in [9.17, 15) is 4.79 Å². The number of nitrogens with one attached hydrogen (secondary N) is 1. The number of hydrogen-bond acceptors (Lipinski definition) is 2. The Bertz CT molecular complexity index is 438. The summed E-state index contributed by atoms with van der Waals surface area (Å²) in [6.45, 7) is 7.45. The summed E-state index contributed by atoms with van der Waals surface area (Å²) in [4.78, 5) is 13.7. The van der Waals surface area contributed by atoms with E-state index in [-0.39, 0.29) is 5.91 Å². The Morgan fingerprint density at radius 2 is 2.24 bits per heavy atom. The van der Waals surface area contributed by atoms with E-state index in [0.29, 0.717) is 5.70 Å². The fourth-order valence-electron chi connectivity index (χ4n) is 1.53. The van der Waals surface area contributed by atoms with Gasteiger partial charge in [-0.15, -0.1) is 0 Å². The van der Waals surface area contributed by atoms with Crippen LogP contribution in [0.5, 0.6) is 0 Å². The Morgan fingerprint density at radius 1 is 1.59 bits per heavy atom. The van der Waals surface area contributed by atoms with Gasteiger partial charge < -0.3 is 14.8 Å². The fourth-order valence-corrected chi connectivity index (χ4v) is 1.53. The van der Waals surface area contributed by atoms with Crippen molar-refractivity contribution in [2.45, 2.75) is 13.8 Å². The molecule has 0 aromatic carbocycles. The highest BCUT2D eigenvalue weighted by Gasteiger charge is 2.12. The lowest BCUT2D eigenvalue weighted by atomic mass is 10.3. The molecule has 0 saturated carbocycles. The standard InChI is InChI=1S/C13H19N3O/c1-6-12(15(4)7-2)13(17)14-11-8-10(3)16(5)9-11/h6-9H,2H2,1,3-5H3,(H,14,17)/b12-6-. The smallest absolute Gasteiger partial charge is 0.271 e. The van der Waals surface area contributed by atoms with E-state index in [1.54, 1.807) is 24.2 Å². The van der Waals surface area contributed by atoms with Crippen molar-refractivity contribution in [2.75, 3.05) is 12.4 Å². The first-order chi connectivity index (χ1) is 7.99. The van der Waals surface area contributed by atoms with Gasteiger partial charge in [0.05, 0.1) is 5.69 Å². The molecule has 0 aliphatic heterocycles. The van der Waals surface area contributed by atoms with Gasteiger partial charge in [-0.05, 0) is 26.1 Å². The first-order valence-corrected chi connectivity index (χ1v) is 5.45. The largest absolute Gasteiger partial charge is 0.353 e. The summed E-state index contributed by atoms with van der Waals surface area (Å²) >= 11 is 0. The van der Waals surface area contributed by atoms with Gasteiger partial charge in [0, 0.05) is 26.0 Å². The van der Waals surface area contributed by atoms with Gasteiger partial charge in [-0.1, -0.05) is 12.7 Å². The molecule has 0 unspecified atom stereocenters. The average molecular weight is 233 g/mol. The predicted octanol–water partition coefficient (Wildman–Crippen LogP) is 2.25.